The largest absolute Gasteiger partial charge is 0.0651 e. The normalized spacial score (nSPS) is 32.2. The summed E-state index contributed by atoms with van der Waals surface area (Å²) in [5.74, 6) is 8.22. The lowest BCUT2D eigenvalue weighted by Gasteiger charge is -2.36. The maximum atomic E-state index is 2.50. The van der Waals surface area contributed by atoms with Crippen molar-refractivity contribution < 1.29 is 0 Å². The highest BCUT2D eigenvalue weighted by atomic mass is 14.3. The zero-order valence-corrected chi connectivity index (χ0v) is 22.8. The molecule has 0 amide bonds. The standard InChI is InChI=1S/C32H60/c1-5-31(32-21-18-30(19-22-32)23-27-9-7-6-8-10-27)20-17-28(14-11-25(2)3)24-29-15-12-26(4)13-16-29/h25-32H,5-24H2,1-4H3. The first-order valence-electron chi connectivity index (χ1n) is 15.5. The van der Waals surface area contributed by atoms with Crippen molar-refractivity contribution in [3.05, 3.63) is 0 Å². The molecule has 0 heterocycles. The topological polar surface area (TPSA) is 0 Å². The average Bonchev–Trinajstić information content (AvgIpc) is 2.80. The van der Waals surface area contributed by atoms with Crippen LogP contribution in [0.5, 0.6) is 0 Å². The van der Waals surface area contributed by atoms with Gasteiger partial charge < -0.3 is 0 Å². The van der Waals surface area contributed by atoms with Crippen molar-refractivity contribution in [2.75, 3.05) is 0 Å². The molecule has 0 bridgehead atoms. The van der Waals surface area contributed by atoms with Crippen LogP contribution in [0.25, 0.3) is 0 Å². The molecule has 2 unspecified atom stereocenters. The lowest BCUT2D eigenvalue weighted by molar-refractivity contribution is 0.154. The van der Waals surface area contributed by atoms with Gasteiger partial charge in [0.2, 0.25) is 0 Å². The van der Waals surface area contributed by atoms with E-state index in [4.69, 9.17) is 0 Å². The Morgan fingerprint density at radius 3 is 1.84 bits per heavy atom. The van der Waals surface area contributed by atoms with E-state index in [0.717, 1.165) is 47.3 Å². The van der Waals surface area contributed by atoms with E-state index in [1.54, 1.807) is 64.2 Å². The van der Waals surface area contributed by atoms with Crippen molar-refractivity contribution in [3.63, 3.8) is 0 Å². The third-order valence-corrected chi connectivity index (χ3v) is 10.4. The summed E-state index contributed by atoms with van der Waals surface area (Å²) in [6.45, 7) is 9.84. The van der Waals surface area contributed by atoms with Gasteiger partial charge in [-0.1, -0.05) is 124 Å². The van der Waals surface area contributed by atoms with E-state index in [0.29, 0.717) is 0 Å². The summed E-state index contributed by atoms with van der Waals surface area (Å²) in [6, 6.07) is 0. The molecule has 0 saturated heterocycles. The Bertz CT molecular complexity index is 456. The predicted molar refractivity (Wildman–Crippen MR) is 143 cm³/mol. The van der Waals surface area contributed by atoms with E-state index < -0.39 is 0 Å². The van der Waals surface area contributed by atoms with Crippen molar-refractivity contribution in [1.82, 2.24) is 0 Å². The van der Waals surface area contributed by atoms with Crippen LogP contribution in [0.1, 0.15) is 156 Å². The van der Waals surface area contributed by atoms with Gasteiger partial charge in [0.1, 0.15) is 0 Å². The van der Waals surface area contributed by atoms with E-state index in [2.05, 4.69) is 27.7 Å². The zero-order valence-electron chi connectivity index (χ0n) is 22.8. The van der Waals surface area contributed by atoms with Gasteiger partial charge in [0, 0.05) is 0 Å². The minimum absolute atomic E-state index is 0.880. The van der Waals surface area contributed by atoms with Crippen molar-refractivity contribution in [3.8, 4) is 0 Å². The summed E-state index contributed by atoms with van der Waals surface area (Å²) in [7, 11) is 0. The van der Waals surface area contributed by atoms with Crippen LogP contribution in [0.2, 0.25) is 0 Å². The van der Waals surface area contributed by atoms with Crippen molar-refractivity contribution >= 4 is 0 Å². The smallest absolute Gasteiger partial charge is 0.0386 e. The van der Waals surface area contributed by atoms with Crippen LogP contribution in [0, 0.1) is 47.3 Å². The molecule has 3 saturated carbocycles. The van der Waals surface area contributed by atoms with Crippen LogP contribution < -0.4 is 0 Å². The van der Waals surface area contributed by atoms with Gasteiger partial charge in [-0.25, -0.2) is 0 Å². The summed E-state index contributed by atoms with van der Waals surface area (Å²) in [5, 5.41) is 0. The molecule has 0 aromatic rings. The van der Waals surface area contributed by atoms with E-state index in [1.165, 1.54) is 64.2 Å². The van der Waals surface area contributed by atoms with Crippen LogP contribution in [-0.4, -0.2) is 0 Å². The number of hydrogen-bond donors (Lipinski definition) is 0. The maximum absolute atomic E-state index is 2.50. The van der Waals surface area contributed by atoms with Gasteiger partial charge in [-0.2, -0.15) is 0 Å². The van der Waals surface area contributed by atoms with Gasteiger partial charge in [0.25, 0.3) is 0 Å². The first-order chi connectivity index (χ1) is 15.5. The summed E-state index contributed by atoms with van der Waals surface area (Å²) >= 11 is 0. The van der Waals surface area contributed by atoms with Gasteiger partial charge in [-0.15, -0.1) is 0 Å². The van der Waals surface area contributed by atoms with Gasteiger partial charge >= 0.3 is 0 Å². The molecule has 0 nitrogen and oxygen atoms in total. The third-order valence-electron chi connectivity index (χ3n) is 10.4. The Morgan fingerprint density at radius 2 is 1.22 bits per heavy atom. The highest BCUT2D eigenvalue weighted by molar-refractivity contribution is 4.81. The lowest BCUT2D eigenvalue weighted by atomic mass is 9.69. The first-order valence-corrected chi connectivity index (χ1v) is 15.5. The Balaban J connectivity index is 1.41. The minimum atomic E-state index is 0.880. The molecule has 0 radical (unpaired) electrons. The minimum Gasteiger partial charge on any atom is -0.0651 e. The lowest BCUT2D eigenvalue weighted by Crippen LogP contribution is -2.24. The molecule has 0 aliphatic heterocycles. The Labute approximate surface area is 203 Å². The highest BCUT2D eigenvalue weighted by Crippen LogP contribution is 2.42. The summed E-state index contributed by atoms with van der Waals surface area (Å²) in [5.41, 5.74) is 0. The molecule has 0 aromatic heterocycles. The van der Waals surface area contributed by atoms with E-state index >= 15 is 0 Å². The summed E-state index contributed by atoms with van der Waals surface area (Å²) in [4.78, 5) is 0. The highest BCUT2D eigenvalue weighted by Gasteiger charge is 2.29. The SMILES string of the molecule is CCC(CCC(CCC(C)C)CC1CCC(C)CC1)C1CCC(CC2CCCCC2)CC1. The van der Waals surface area contributed by atoms with Gasteiger partial charge in [-0.05, 0) is 79.4 Å². The maximum Gasteiger partial charge on any atom is -0.0386 e. The molecular weight excluding hydrogens is 384 g/mol. The van der Waals surface area contributed by atoms with Crippen LogP contribution in [-0.2, 0) is 0 Å². The number of rotatable bonds is 12. The fourth-order valence-corrected chi connectivity index (χ4v) is 8.00. The molecule has 3 rings (SSSR count). The molecule has 0 aromatic carbocycles. The molecule has 3 aliphatic rings. The van der Waals surface area contributed by atoms with Gasteiger partial charge in [-0.3, -0.25) is 0 Å². The first kappa shape index (κ1) is 26.6. The Morgan fingerprint density at radius 1 is 0.625 bits per heavy atom. The fourth-order valence-electron chi connectivity index (χ4n) is 8.00. The molecule has 0 spiro atoms. The fraction of sp³-hybridized carbons (Fsp3) is 1.00. The van der Waals surface area contributed by atoms with Gasteiger partial charge in [0.15, 0.2) is 0 Å². The van der Waals surface area contributed by atoms with Crippen LogP contribution in [0.15, 0.2) is 0 Å². The average molecular weight is 445 g/mol. The van der Waals surface area contributed by atoms with Crippen molar-refractivity contribution in [1.29, 1.82) is 0 Å². The van der Waals surface area contributed by atoms with Crippen LogP contribution in [0.3, 0.4) is 0 Å². The zero-order chi connectivity index (χ0) is 22.8. The molecule has 2 atom stereocenters. The second-order valence-electron chi connectivity index (χ2n) is 13.5. The van der Waals surface area contributed by atoms with E-state index in [-0.39, 0.29) is 0 Å². The van der Waals surface area contributed by atoms with Gasteiger partial charge in [0.05, 0.1) is 0 Å². The predicted octanol–water partition coefficient (Wildman–Crippen LogP) is 10.8. The molecule has 32 heavy (non-hydrogen) atoms. The second-order valence-corrected chi connectivity index (χ2v) is 13.5. The van der Waals surface area contributed by atoms with Crippen LogP contribution >= 0.6 is 0 Å². The van der Waals surface area contributed by atoms with Crippen molar-refractivity contribution in [2.45, 2.75) is 156 Å². The summed E-state index contributed by atoms with van der Waals surface area (Å²) in [6.07, 6.45) is 30.6. The quantitative estimate of drug-likeness (QED) is 0.281. The molecule has 3 fully saturated rings. The second kappa shape index (κ2) is 14.4. The molecular formula is C32H60. The number of hydrogen-bond acceptors (Lipinski definition) is 0. The molecule has 188 valence electrons. The molecule has 0 N–H and O–H groups in total. The van der Waals surface area contributed by atoms with Crippen LogP contribution in [0.4, 0.5) is 0 Å². The monoisotopic (exact) mass is 444 g/mol. The molecule has 0 heteroatoms. The Hall–Kier alpha value is 0. The van der Waals surface area contributed by atoms with E-state index in [1.807, 2.05) is 0 Å². The molecule has 3 aliphatic carbocycles. The van der Waals surface area contributed by atoms with E-state index in [9.17, 15) is 0 Å². The Kier molecular flexibility index (Phi) is 12.0. The van der Waals surface area contributed by atoms with Crippen molar-refractivity contribution in [2.24, 2.45) is 47.3 Å². The third kappa shape index (κ3) is 9.33. The summed E-state index contributed by atoms with van der Waals surface area (Å²) < 4.78 is 0.